The Morgan fingerprint density at radius 3 is 2.04 bits per heavy atom. The molecule has 0 saturated heterocycles. The molecule has 142 valence electrons. The Morgan fingerprint density at radius 1 is 0.963 bits per heavy atom. The van der Waals surface area contributed by atoms with E-state index in [0.717, 1.165) is 5.56 Å². The fourth-order valence-electron chi connectivity index (χ4n) is 2.70. The van der Waals surface area contributed by atoms with E-state index in [2.05, 4.69) is 5.32 Å². The van der Waals surface area contributed by atoms with E-state index in [1.54, 1.807) is 30.3 Å². The van der Waals surface area contributed by atoms with Gasteiger partial charge in [-0.3, -0.25) is 14.4 Å². The van der Waals surface area contributed by atoms with Gasteiger partial charge in [0.15, 0.2) is 0 Å². The molecule has 0 fully saturated rings. The Morgan fingerprint density at radius 2 is 1.52 bits per heavy atom. The predicted molar refractivity (Wildman–Crippen MR) is 102 cm³/mol. The number of nitrogens with zero attached hydrogens (tertiary/aromatic N) is 1. The van der Waals surface area contributed by atoms with Crippen molar-refractivity contribution in [1.82, 2.24) is 10.2 Å². The van der Waals surface area contributed by atoms with Gasteiger partial charge in [0.2, 0.25) is 5.91 Å². The zero-order valence-corrected chi connectivity index (χ0v) is 15.5. The van der Waals surface area contributed by atoms with Crippen molar-refractivity contribution in [3.63, 3.8) is 0 Å². The highest BCUT2D eigenvalue weighted by Crippen LogP contribution is 2.12. The average Bonchev–Trinajstić information content (AvgIpc) is 2.65. The van der Waals surface area contributed by atoms with Crippen LogP contribution in [0.5, 0.6) is 0 Å². The monoisotopic (exact) mass is 368 g/mol. The lowest BCUT2D eigenvalue weighted by Crippen LogP contribution is -2.52. The molecule has 0 heterocycles. The van der Waals surface area contributed by atoms with Crippen molar-refractivity contribution in [3.05, 3.63) is 71.8 Å². The Kier molecular flexibility index (Phi) is 7.11. The number of hydrogen-bond donors (Lipinski definition) is 2. The molecule has 0 spiro atoms. The maximum Gasteiger partial charge on any atom is 0.323 e. The summed E-state index contributed by atoms with van der Waals surface area (Å²) in [5, 5.41) is 12.0. The maximum atomic E-state index is 13.0. The van der Waals surface area contributed by atoms with Gasteiger partial charge in [-0.1, -0.05) is 62.4 Å². The quantitative estimate of drug-likeness (QED) is 0.750. The van der Waals surface area contributed by atoms with Crippen LogP contribution in [0.4, 0.5) is 0 Å². The highest BCUT2D eigenvalue weighted by Gasteiger charge is 2.30. The number of carboxylic acids is 1. The highest BCUT2D eigenvalue weighted by atomic mass is 16.4. The van der Waals surface area contributed by atoms with Crippen molar-refractivity contribution in [2.75, 3.05) is 6.54 Å². The summed E-state index contributed by atoms with van der Waals surface area (Å²) in [5.41, 5.74) is 1.27. The average molecular weight is 368 g/mol. The van der Waals surface area contributed by atoms with Gasteiger partial charge in [0.25, 0.3) is 5.91 Å². The molecule has 2 rings (SSSR count). The lowest BCUT2D eigenvalue weighted by Gasteiger charge is -2.29. The number of nitrogens with one attached hydrogen (secondary N) is 1. The van der Waals surface area contributed by atoms with E-state index < -0.39 is 24.5 Å². The van der Waals surface area contributed by atoms with Crippen LogP contribution < -0.4 is 5.32 Å². The van der Waals surface area contributed by atoms with E-state index in [4.69, 9.17) is 0 Å². The fourth-order valence-corrected chi connectivity index (χ4v) is 2.70. The van der Waals surface area contributed by atoms with E-state index in [1.807, 2.05) is 44.2 Å². The van der Waals surface area contributed by atoms with Crippen molar-refractivity contribution in [2.45, 2.75) is 26.4 Å². The summed E-state index contributed by atoms with van der Waals surface area (Å²) in [4.78, 5) is 38.0. The normalized spacial score (nSPS) is 11.7. The number of rotatable bonds is 8. The molecule has 1 atom stereocenters. The van der Waals surface area contributed by atoms with Crippen LogP contribution >= 0.6 is 0 Å². The van der Waals surface area contributed by atoms with E-state index in [-0.39, 0.29) is 18.4 Å². The summed E-state index contributed by atoms with van der Waals surface area (Å²) in [5.74, 6) is -2.08. The maximum absolute atomic E-state index is 13.0. The first-order valence-electron chi connectivity index (χ1n) is 8.79. The second-order valence-electron chi connectivity index (χ2n) is 6.63. The number of carboxylic acid groups (broad SMARTS) is 1. The van der Waals surface area contributed by atoms with Crippen LogP contribution in [0.1, 0.15) is 29.8 Å². The first-order chi connectivity index (χ1) is 12.9. The van der Waals surface area contributed by atoms with Crippen LogP contribution in [0.15, 0.2) is 60.7 Å². The lowest BCUT2D eigenvalue weighted by atomic mass is 10.0. The van der Waals surface area contributed by atoms with E-state index in [0.29, 0.717) is 5.56 Å². The Balaban J connectivity index is 2.19. The standard InChI is InChI=1S/C21H24N2O4/c1-15(2)19(22-20(26)17-11-7-4-8-12-17)21(27)23(14-18(24)25)13-16-9-5-3-6-10-16/h3-12,15,19H,13-14H2,1-2H3,(H,22,26)(H,24,25). The number of hydrogen-bond acceptors (Lipinski definition) is 3. The minimum atomic E-state index is -1.10. The van der Waals surface area contributed by atoms with Crippen LogP contribution in [-0.4, -0.2) is 40.4 Å². The first kappa shape index (κ1) is 20.2. The highest BCUT2D eigenvalue weighted by molar-refractivity contribution is 5.98. The predicted octanol–water partition coefficient (Wildman–Crippen LogP) is 2.55. The largest absolute Gasteiger partial charge is 0.480 e. The van der Waals surface area contributed by atoms with Gasteiger partial charge < -0.3 is 15.3 Å². The van der Waals surface area contributed by atoms with Gasteiger partial charge in [-0.05, 0) is 23.6 Å². The summed E-state index contributed by atoms with van der Waals surface area (Å²) in [6.45, 7) is 3.36. The summed E-state index contributed by atoms with van der Waals surface area (Å²) >= 11 is 0. The smallest absolute Gasteiger partial charge is 0.323 e. The van der Waals surface area contributed by atoms with Crippen LogP contribution in [-0.2, 0) is 16.1 Å². The topological polar surface area (TPSA) is 86.7 Å². The van der Waals surface area contributed by atoms with Crippen molar-refractivity contribution >= 4 is 17.8 Å². The Labute approximate surface area is 158 Å². The zero-order valence-electron chi connectivity index (χ0n) is 15.5. The number of carbonyl (C=O) groups is 3. The van der Waals surface area contributed by atoms with Crippen LogP contribution in [0.25, 0.3) is 0 Å². The van der Waals surface area contributed by atoms with Crippen LogP contribution in [0.2, 0.25) is 0 Å². The van der Waals surface area contributed by atoms with Gasteiger partial charge in [0, 0.05) is 12.1 Å². The lowest BCUT2D eigenvalue weighted by molar-refractivity contribution is -0.146. The molecular formula is C21H24N2O4. The van der Waals surface area contributed by atoms with Crippen molar-refractivity contribution in [3.8, 4) is 0 Å². The third kappa shape index (κ3) is 5.95. The summed E-state index contributed by atoms with van der Waals surface area (Å²) in [7, 11) is 0. The molecule has 0 aromatic heterocycles. The molecule has 27 heavy (non-hydrogen) atoms. The van der Waals surface area contributed by atoms with E-state index in [1.165, 1.54) is 4.90 Å². The van der Waals surface area contributed by atoms with Crippen molar-refractivity contribution in [2.24, 2.45) is 5.92 Å². The molecule has 2 N–H and O–H groups in total. The third-order valence-electron chi connectivity index (χ3n) is 4.11. The van der Waals surface area contributed by atoms with E-state index in [9.17, 15) is 19.5 Å². The van der Waals surface area contributed by atoms with Gasteiger partial charge in [-0.2, -0.15) is 0 Å². The first-order valence-corrected chi connectivity index (χ1v) is 8.79. The molecular weight excluding hydrogens is 344 g/mol. The number of aliphatic carboxylic acids is 1. The molecule has 0 aliphatic heterocycles. The van der Waals surface area contributed by atoms with Gasteiger partial charge in [-0.15, -0.1) is 0 Å². The second kappa shape index (κ2) is 9.52. The molecule has 6 nitrogen and oxygen atoms in total. The summed E-state index contributed by atoms with van der Waals surface area (Å²) in [6, 6.07) is 17.0. The number of carbonyl (C=O) groups excluding carboxylic acids is 2. The van der Waals surface area contributed by atoms with Crippen LogP contribution in [0.3, 0.4) is 0 Å². The number of benzene rings is 2. The molecule has 0 bridgehead atoms. The van der Waals surface area contributed by atoms with Gasteiger partial charge in [0.05, 0.1) is 0 Å². The fraction of sp³-hybridized carbons (Fsp3) is 0.286. The molecule has 0 radical (unpaired) electrons. The van der Waals surface area contributed by atoms with Crippen molar-refractivity contribution < 1.29 is 19.5 Å². The van der Waals surface area contributed by atoms with Crippen molar-refractivity contribution in [1.29, 1.82) is 0 Å². The number of amides is 2. The molecule has 2 aromatic carbocycles. The van der Waals surface area contributed by atoms with Crippen LogP contribution in [0, 0.1) is 5.92 Å². The minimum Gasteiger partial charge on any atom is -0.480 e. The second-order valence-corrected chi connectivity index (χ2v) is 6.63. The SMILES string of the molecule is CC(C)C(NC(=O)c1ccccc1)C(=O)N(CC(=O)O)Cc1ccccc1. The third-order valence-corrected chi connectivity index (χ3v) is 4.11. The molecule has 1 unspecified atom stereocenters. The molecule has 0 aliphatic carbocycles. The summed E-state index contributed by atoms with van der Waals surface area (Å²) in [6.07, 6.45) is 0. The Bertz CT molecular complexity index is 775. The molecule has 2 amide bonds. The molecule has 0 aliphatic rings. The van der Waals surface area contributed by atoms with Gasteiger partial charge in [0.1, 0.15) is 12.6 Å². The minimum absolute atomic E-state index is 0.163. The molecule has 0 saturated carbocycles. The zero-order chi connectivity index (χ0) is 19.8. The molecule has 2 aromatic rings. The van der Waals surface area contributed by atoms with E-state index >= 15 is 0 Å². The van der Waals surface area contributed by atoms with Gasteiger partial charge in [-0.25, -0.2) is 0 Å². The van der Waals surface area contributed by atoms with Gasteiger partial charge >= 0.3 is 5.97 Å². The molecule has 6 heteroatoms. The summed E-state index contributed by atoms with van der Waals surface area (Å²) < 4.78 is 0. The Hall–Kier alpha value is -3.15.